The highest BCUT2D eigenvalue weighted by Gasteiger charge is 2.28. The zero-order valence-corrected chi connectivity index (χ0v) is 24.6. The summed E-state index contributed by atoms with van der Waals surface area (Å²) in [7, 11) is 0. The van der Waals surface area contributed by atoms with Gasteiger partial charge in [-0.3, -0.25) is 0 Å². The quantitative estimate of drug-likeness (QED) is 0.197. The van der Waals surface area contributed by atoms with E-state index >= 15 is 0 Å². The van der Waals surface area contributed by atoms with Crippen LogP contribution in [0.2, 0.25) is 5.02 Å². The third-order valence-corrected chi connectivity index (χ3v) is 8.93. The van der Waals surface area contributed by atoms with Gasteiger partial charge in [-0.25, -0.2) is 19.0 Å². The Bertz CT molecular complexity index is 1730. The molecule has 0 amide bonds. The van der Waals surface area contributed by atoms with Crippen molar-refractivity contribution in [3.05, 3.63) is 89.6 Å². The summed E-state index contributed by atoms with van der Waals surface area (Å²) in [6.07, 6.45) is 11.3. The number of hydrogen-bond acceptors (Lipinski definition) is 7. The number of fused-ring (bicyclic) bond motifs is 1. The topological polar surface area (TPSA) is 81.0 Å². The summed E-state index contributed by atoms with van der Waals surface area (Å²) in [4.78, 5) is 11.7. The predicted molar refractivity (Wildman–Crippen MR) is 166 cm³/mol. The molecule has 1 saturated heterocycles. The molecule has 1 saturated carbocycles. The van der Waals surface area contributed by atoms with E-state index in [0.29, 0.717) is 22.6 Å². The van der Waals surface area contributed by atoms with E-state index in [2.05, 4.69) is 36.7 Å². The van der Waals surface area contributed by atoms with Crippen LogP contribution in [0, 0.1) is 5.82 Å². The lowest BCUT2D eigenvalue weighted by Crippen LogP contribution is -2.40. The monoisotopic (exact) mass is 597 g/mol. The van der Waals surface area contributed by atoms with Gasteiger partial charge in [0.15, 0.2) is 0 Å². The highest BCUT2D eigenvalue weighted by Crippen LogP contribution is 2.33. The maximum atomic E-state index is 13.5. The number of rotatable bonds is 8. The van der Waals surface area contributed by atoms with Crippen LogP contribution in [0.15, 0.2) is 73.2 Å². The number of hydrogen-bond donors (Lipinski definition) is 1. The van der Waals surface area contributed by atoms with Gasteiger partial charge in [0.2, 0.25) is 0 Å². The summed E-state index contributed by atoms with van der Waals surface area (Å²) >= 11 is 6.53. The summed E-state index contributed by atoms with van der Waals surface area (Å²) in [5.74, 6) is 0.869. The zero-order chi connectivity index (χ0) is 29.2. The molecular weight excluding hydrogens is 565 g/mol. The standard InChI is InChI=1S/C33H33ClFN7O/c34-29-18-25(9-11-32(29)43-20-22-4-3-5-24(35)16-22)38-33-28-17-23(8-10-30(28)36-21-37-33)31-19-42(40-39-31)27-12-14-41(15-13-27)26-6-1-2-7-26/h3-5,8-11,16-19,21,26-27H,1-2,6-7,12-15,20H2,(H,36,37,38). The lowest BCUT2D eigenvalue weighted by molar-refractivity contribution is 0.131. The average molecular weight is 598 g/mol. The molecule has 220 valence electrons. The van der Waals surface area contributed by atoms with Crippen LogP contribution < -0.4 is 10.1 Å². The van der Waals surface area contributed by atoms with Crippen molar-refractivity contribution in [2.75, 3.05) is 18.4 Å². The summed E-state index contributed by atoms with van der Waals surface area (Å²) in [6, 6.07) is 19.0. The van der Waals surface area contributed by atoms with E-state index in [1.807, 2.05) is 35.0 Å². The molecule has 2 aromatic heterocycles. The van der Waals surface area contributed by atoms with Crippen LogP contribution in [0.1, 0.15) is 50.1 Å². The molecule has 0 spiro atoms. The van der Waals surface area contributed by atoms with Gasteiger partial charge in [0, 0.05) is 35.8 Å². The van der Waals surface area contributed by atoms with Crippen molar-refractivity contribution in [1.82, 2.24) is 29.9 Å². The van der Waals surface area contributed by atoms with E-state index in [9.17, 15) is 4.39 Å². The molecule has 0 bridgehead atoms. The molecule has 2 aliphatic rings. The Labute approximate surface area is 254 Å². The minimum atomic E-state index is -0.299. The minimum Gasteiger partial charge on any atom is -0.487 e. The van der Waals surface area contributed by atoms with Crippen LogP contribution in [-0.4, -0.2) is 49.0 Å². The third-order valence-electron chi connectivity index (χ3n) is 8.63. The maximum absolute atomic E-state index is 13.5. The van der Waals surface area contributed by atoms with Gasteiger partial charge in [-0.1, -0.05) is 47.9 Å². The number of halogens is 2. The molecule has 3 heterocycles. The van der Waals surface area contributed by atoms with E-state index in [1.54, 1.807) is 18.2 Å². The molecular formula is C33H33ClFN7O. The highest BCUT2D eigenvalue weighted by molar-refractivity contribution is 6.32. The Balaban J connectivity index is 1.05. The second kappa shape index (κ2) is 12.3. The molecule has 10 heteroatoms. The number of nitrogens with one attached hydrogen (secondary N) is 1. The van der Waals surface area contributed by atoms with Gasteiger partial charge in [0.25, 0.3) is 0 Å². The van der Waals surface area contributed by atoms with Gasteiger partial charge in [-0.2, -0.15) is 0 Å². The predicted octanol–water partition coefficient (Wildman–Crippen LogP) is 7.58. The number of aromatic nitrogens is 5. The summed E-state index contributed by atoms with van der Waals surface area (Å²) in [6.45, 7) is 2.49. The first-order chi connectivity index (χ1) is 21.1. The zero-order valence-electron chi connectivity index (χ0n) is 23.8. The van der Waals surface area contributed by atoms with Crippen molar-refractivity contribution >= 4 is 34.0 Å². The smallest absolute Gasteiger partial charge is 0.141 e. The van der Waals surface area contributed by atoms with Crippen molar-refractivity contribution in [1.29, 1.82) is 0 Å². The van der Waals surface area contributed by atoms with Crippen molar-refractivity contribution in [2.45, 2.75) is 57.2 Å². The van der Waals surface area contributed by atoms with Gasteiger partial charge >= 0.3 is 0 Å². The van der Waals surface area contributed by atoms with E-state index in [4.69, 9.17) is 16.3 Å². The normalized spacial score (nSPS) is 16.6. The summed E-state index contributed by atoms with van der Waals surface area (Å²) in [5, 5.41) is 13.7. The molecule has 1 N–H and O–H groups in total. The van der Waals surface area contributed by atoms with Crippen LogP contribution in [0.25, 0.3) is 22.2 Å². The van der Waals surface area contributed by atoms with Crippen LogP contribution in [-0.2, 0) is 6.61 Å². The fourth-order valence-electron chi connectivity index (χ4n) is 6.31. The van der Waals surface area contributed by atoms with Gasteiger partial charge in [0.05, 0.1) is 22.8 Å². The second-order valence-electron chi connectivity index (χ2n) is 11.4. The Hall–Kier alpha value is -4.08. The molecule has 7 rings (SSSR count). The van der Waals surface area contributed by atoms with Crippen LogP contribution >= 0.6 is 11.6 Å². The van der Waals surface area contributed by atoms with E-state index < -0.39 is 0 Å². The molecule has 0 unspecified atom stereocenters. The van der Waals surface area contributed by atoms with Crippen LogP contribution in [0.5, 0.6) is 5.75 Å². The number of ether oxygens (including phenoxy) is 1. The second-order valence-corrected chi connectivity index (χ2v) is 11.8. The molecule has 3 aromatic carbocycles. The number of likely N-dealkylation sites (tertiary alicyclic amines) is 1. The Kier molecular flexibility index (Phi) is 7.91. The Morgan fingerprint density at radius 2 is 1.79 bits per heavy atom. The van der Waals surface area contributed by atoms with Crippen LogP contribution in [0.3, 0.4) is 0 Å². The highest BCUT2D eigenvalue weighted by atomic mass is 35.5. The SMILES string of the molecule is Fc1cccc(COc2ccc(Nc3ncnc4ccc(-c5cn(C6CCN(C7CCCC7)CC6)nn5)cc34)cc2Cl)c1. The van der Waals surface area contributed by atoms with Crippen molar-refractivity contribution in [3.63, 3.8) is 0 Å². The van der Waals surface area contributed by atoms with Crippen LogP contribution in [0.4, 0.5) is 15.9 Å². The van der Waals surface area contributed by atoms with Gasteiger partial charge in [-0.05, 0) is 73.7 Å². The number of piperidine rings is 1. The fourth-order valence-corrected chi connectivity index (χ4v) is 6.54. The Morgan fingerprint density at radius 1 is 0.930 bits per heavy atom. The van der Waals surface area contributed by atoms with E-state index in [0.717, 1.165) is 65.4 Å². The van der Waals surface area contributed by atoms with Gasteiger partial charge in [0.1, 0.15) is 36.0 Å². The van der Waals surface area contributed by atoms with E-state index in [-0.39, 0.29) is 12.4 Å². The minimum absolute atomic E-state index is 0.216. The molecule has 43 heavy (non-hydrogen) atoms. The summed E-state index contributed by atoms with van der Waals surface area (Å²) < 4.78 is 21.4. The lowest BCUT2D eigenvalue weighted by atomic mass is 10.0. The maximum Gasteiger partial charge on any atom is 0.141 e. The third kappa shape index (κ3) is 6.19. The average Bonchev–Trinajstić information content (AvgIpc) is 3.75. The van der Waals surface area contributed by atoms with Crippen molar-refractivity contribution < 1.29 is 9.13 Å². The molecule has 0 radical (unpaired) electrons. The molecule has 1 aliphatic heterocycles. The van der Waals surface area contributed by atoms with Crippen molar-refractivity contribution in [2.24, 2.45) is 0 Å². The first-order valence-electron chi connectivity index (χ1n) is 14.9. The molecule has 8 nitrogen and oxygen atoms in total. The first kappa shape index (κ1) is 27.7. The molecule has 0 atom stereocenters. The molecule has 1 aliphatic carbocycles. The van der Waals surface area contributed by atoms with E-state index in [1.165, 1.54) is 44.1 Å². The molecule has 5 aromatic rings. The summed E-state index contributed by atoms with van der Waals surface area (Å²) in [5.41, 5.74) is 4.08. The largest absolute Gasteiger partial charge is 0.487 e. The first-order valence-corrected chi connectivity index (χ1v) is 15.3. The number of nitrogens with zero attached hydrogens (tertiary/aromatic N) is 6. The van der Waals surface area contributed by atoms with Gasteiger partial charge < -0.3 is 15.0 Å². The fraction of sp³-hybridized carbons (Fsp3) is 0.333. The number of anilines is 2. The molecule has 2 fully saturated rings. The lowest BCUT2D eigenvalue weighted by Gasteiger charge is -2.35. The van der Waals surface area contributed by atoms with Crippen molar-refractivity contribution in [3.8, 4) is 17.0 Å². The van der Waals surface area contributed by atoms with Gasteiger partial charge in [-0.15, -0.1) is 5.10 Å². The number of benzene rings is 3. The Morgan fingerprint density at radius 3 is 2.60 bits per heavy atom.